The van der Waals surface area contributed by atoms with Crippen LogP contribution in [0.4, 0.5) is 11.5 Å². The number of aromatic nitrogens is 3. The van der Waals surface area contributed by atoms with Gasteiger partial charge in [-0.25, -0.2) is 0 Å². The van der Waals surface area contributed by atoms with Crippen LogP contribution >= 0.6 is 0 Å². The van der Waals surface area contributed by atoms with E-state index in [-0.39, 0.29) is 0 Å². The molecule has 3 aromatic rings. The van der Waals surface area contributed by atoms with E-state index in [0.29, 0.717) is 0 Å². The van der Waals surface area contributed by atoms with E-state index in [1.54, 1.807) is 4.80 Å². The molecule has 0 saturated carbocycles. The Morgan fingerprint density at radius 2 is 1.55 bits per heavy atom. The fraction of sp³-hybridized carbons (Fsp3) is 0.125. The Morgan fingerprint density at radius 3 is 2.25 bits per heavy atom. The maximum absolute atomic E-state index is 4.49. The van der Waals surface area contributed by atoms with Gasteiger partial charge in [-0.15, -0.1) is 9.90 Å². The third-order valence-corrected chi connectivity index (χ3v) is 3.08. The molecule has 0 amide bonds. The normalized spacial score (nSPS) is 10.5. The largest absolute Gasteiger partial charge is 0.337 e. The van der Waals surface area contributed by atoms with Crippen molar-refractivity contribution in [2.45, 2.75) is 13.8 Å². The van der Waals surface area contributed by atoms with Crippen LogP contribution in [-0.2, 0) is 0 Å². The summed E-state index contributed by atoms with van der Waals surface area (Å²) in [6.45, 7) is 4.02. The molecule has 0 aliphatic carbocycles. The first-order valence-electron chi connectivity index (χ1n) is 6.55. The molecule has 0 aliphatic heterocycles. The smallest absolute Gasteiger partial charge is 0.176 e. The topological polar surface area (TPSA) is 42.7 Å². The van der Waals surface area contributed by atoms with E-state index in [4.69, 9.17) is 0 Å². The Morgan fingerprint density at radius 1 is 0.850 bits per heavy atom. The van der Waals surface area contributed by atoms with Crippen LogP contribution in [0.2, 0.25) is 0 Å². The number of hydrogen-bond donors (Lipinski definition) is 1. The molecular weight excluding hydrogens is 248 g/mol. The van der Waals surface area contributed by atoms with Gasteiger partial charge in [-0.1, -0.05) is 35.9 Å². The summed E-state index contributed by atoms with van der Waals surface area (Å²) in [5, 5.41) is 12.2. The van der Waals surface area contributed by atoms with Crippen LogP contribution in [0, 0.1) is 13.8 Å². The van der Waals surface area contributed by atoms with Gasteiger partial charge >= 0.3 is 0 Å². The predicted octanol–water partition coefficient (Wildman–Crippen LogP) is 3.63. The lowest BCUT2D eigenvalue weighted by atomic mass is 10.2. The van der Waals surface area contributed by atoms with Crippen molar-refractivity contribution in [3.63, 3.8) is 0 Å². The number of nitrogens with zero attached hydrogens (tertiary/aromatic N) is 3. The second-order valence-corrected chi connectivity index (χ2v) is 4.75. The molecule has 100 valence electrons. The maximum atomic E-state index is 4.49. The van der Waals surface area contributed by atoms with Gasteiger partial charge in [0.05, 0.1) is 5.69 Å². The van der Waals surface area contributed by atoms with E-state index >= 15 is 0 Å². The molecule has 20 heavy (non-hydrogen) atoms. The van der Waals surface area contributed by atoms with Gasteiger partial charge in [0.2, 0.25) is 0 Å². The van der Waals surface area contributed by atoms with Crippen molar-refractivity contribution in [3.8, 4) is 5.69 Å². The first kappa shape index (κ1) is 12.4. The molecule has 0 atom stereocenters. The highest BCUT2D eigenvalue weighted by Gasteiger charge is 2.08. The van der Waals surface area contributed by atoms with E-state index in [1.165, 1.54) is 5.56 Å². The first-order chi connectivity index (χ1) is 9.72. The number of benzene rings is 2. The van der Waals surface area contributed by atoms with E-state index in [2.05, 4.69) is 34.6 Å². The summed E-state index contributed by atoms with van der Waals surface area (Å²) in [6, 6.07) is 18.1. The van der Waals surface area contributed by atoms with Crippen LogP contribution in [0.3, 0.4) is 0 Å². The Labute approximate surface area is 118 Å². The quantitative estimate of drug-likeness (QED) is 0.785. The number of para-hydroxylation sites is 1. The number of rotatable bonds is 3. The molecule has 1 N–H and O–H groups in total. The molecule has 0 radical (unpaired) electrons. The second kappa shape index (κ2) is 5.17. The molecule has 4 heteroatoms. The molecule has 0 bridgehead atoms. The average Bonchev–Trinajstić information content (AvgIpc) is 2.84. The summed E-state index contributed by atoms with van der Waals surface area (Å²) in [6.07, 6.45) is 0. The molecule has 2 aromatic carbocycles. The van der Waals surface area contributed by atoms with Gasteiger partial charge in [0, 0.05) is 5.69 Å². The Hall–Kier alpha value is -2.62. The van der Waals surface area contributed by atoms with Crippen molar-refractivity contribution in [3.05, 3.63) is 65.9 Å². The lowest BCUT2D eigenvalue weighted by Crippen LogP contribution is -1.99. The molecule has 0 aliphatic rings. The Kier molecular flexibility index (Phi) is 3.21. The van der Waals surface area contributed by atoms with Crippen LogP contribution in [0.1, 0.15) is 11.3 Å². The third kappa shape index (κ3) is 2.54. The zero-order valence-electron chi connectivity index (χ0n) is 11.5. The minimum Gasteiger partial charge on any atom is -0.337 e. The van der Waals surface area contributed by atoms with Gasteiger partial charge in [-0.3, -0.25) is 0 Å². The summed E-state index contributed by atoms with van der Waals surface area (Å²) in [4.78, 5) is 1.64. The summed E-state index contributed by atoms with van der Waals surface area (Å²) in [7, 11) is 0. The van der Waals surface area contributed by atoms with E-state index < -0.39 is 0 Å². The Bertz CT molecular complexity index is 699. The first-order valence-corrected chi connectivity index (χ1v) is 6.55. The van der Waals surface area contributed by atoms with E-state index in [0.717, 1.165) is 22.9 Å². The lowest BCUT2D eigenvalue weighted by molar-refractivity contribution is 0.747. The highest BCUT2D eigenvalue weighted by Crippen LogP contribution is 2.18. The molecule has 1 aromatic heterocycles. The number of nitrogens with one attached hydrogen (secondary N) is 1. The fourth-order valence-corrected chi connectivity index (χ4v) is 1.94. The van der Waals surface area contributed by atoms with Crippen LogP contribution in [0.25, 0.3) is 5.69 Å². The van der Waals surface area contributed by atoms with Crippen LogP contribution < -0.4 is 5.32 Å². The van der Waals surface area contributed by atoms with Gasteiger partial charge in [-0.05, 0) is 38.1 Å². The lowest BCUT2D eigenvalue weighted by Gasteiger charge is -2.03. The van der Waals surface area contributed by atoms with Crippen molar-refractivity contribution in [1.82, 2.24) is 15.0 Å². The molecular formula is C16H16N4. The highest BCUT2D eigenvalue weighted by molar-refractivity contribution is 5.58. The SMILES string of the molecule is Cc1ccc(Nc2nn(-c3ccccc3)nc2C)cc1. The standard InChI is InChI=1S/C16H16N4/c1-12-8-10-14(11-9-12)17-16-13(2)18-20(19-16)15-6-4-3-5-7-15/h3-11H,1-2H3,(H,17,19). The highest BCUT2D eigenvalue weighted by atomic mass is 15.5. The van der Waals surface area contributed by atoms with Gasteiger partial charge < -0.3 is 5.32 Å². The minimum atomic E-state index is 0.776. The van der Waals surface area contributed by atoms with Gasteiger partial charge in [0.1, 0.15) is 5.69 Å². The van der Waals surface area contributed by atoms with Crippen molar-refractivity contribution in [1.29, 1.82) is 0 Å². The summed E-state index contributed by atoms with van der Waals surface area (Å²) >= 11 is 0. The van der Waals surface area contributed by atoms with Crippen LogP contribution in [0.15, 0.2) is 54.6 Å². The van der Waals surface area contributed by atoms with E-state index in [9.17, 15) is 0 Å². The number of anilines is 2. The van der Waals surface area contributed by atoms with Crippen LogP contribution in [-0.4, -0.2) is 15.0 Å². The monoisotopic (exact) mass is 264 g/mol. The van der Waals surface area contributed by atoms with Crippen molar-refractivity contribution in [2.75, 3.05) is 5.32 Å². The van der Waals surface area contributed by atoms with Gasteiger partial charge in [0.15, 0.2) is 5.82 Å². The molecule has 0 fully saturated rings. The van der Waals surface area contributed by atoms with E-state index in [1.807, 2.05) is 49.4 Å². The minimum absolute atomic E-state index is 0.776. The third-order valence-electron chi connectivity index (χ3n) is 3.08. The summed E-state index contributed by atoms with van der Waals surface area (Å²) in [5.41, 5.74) is 4.07. The molecule has 0 saturated heterocycles. The summed E-state index contributed by atoms with van der Waals surface area (Å²) < 4.78 is 0. The van der Waals surface area contributed by atoms with Gasteiger partial charge in [-0.2, -0.15) is 5.10 Å². The number of aryl methyl sites for hydroxylation is 2. The Balaban J connectivity index is 1.88. The zero-order chi connectivity index (χ0) is 13.9. The summed E-state index contributed by atoms with van der Waals surface area (Å²) in [5.74, 6) is 0.776. The van der Waals surface area contributed by atoms with Crippen LogP contribution in [0.5, 0.6) is 0 Å². The van der Waals surface area contributed by atoms with Crippen molar-refractivity contribution >= 4 is 11.5 Å². The van der Waals surface area contributed by atoms with Crippen molar-refractivity contribution < 1.29 is 0 Å². The predicted molar refractivity (Wildman–Crippen MR) is 80.6 cm³/mol. The average molecular weight is 264 g/mol. The zero-order valence-corrected chi connectivity index (χ0v) is 11.5. The maximum Gasteiger partial charge on any atom is 0.176 e. The second-order valence-electron chi connectivity index (χ2n) is 4.75. The number of hydrogen-bond acceptors (Lipinski definition) is 3. The van der Waals surface area contributed by atoms with Gasteiger partial charge in [0.25, 0.3) is 0 Å². The molecule has 3 rings (SSSR count). The molecule has 0 unspecified atom stereocenters. The molecule has 1 heterocycles. The molecule has 4 nitrogen and oxygen atoms in total. The van der Waals surface area contributed by atoms with Crippen molar-refractivity contribution in [2.24, 2.45) is 0 Å². The molecule has 0 spiro atoms. The fourth-order valence-electron chi connectivity index (χ4n) is 1.94.